The summed E-state index contributed by atoms with van der Waals surface area (Å²) >= 11 is 1.85. The summed E-state index contributed by atoms with van der Waals surface area (Å²) < 4.78 is 5.22. The van der Waals surface area contributed by atoms with Crippen LogP contribution in [0.3, 0.4) is 0 Å². The molecule has 1 fully saturated rings. The van der Waals surface area contributed by atoms with Crippen LogP contribution in [0.5, 0.6) is 0 Å². The minimum absolute atomic E-state index is 0.0161. The van der Waals surface area contributed by atoms with Crippen molar-refractivity contribution in [2.24, 2.45) is 5.92 Å². The molecule has 2 unspecified atom stereocenters. The second-order valence-electron chi connectivity index (χ2n) is 5.61. The van der Waals surface area contributed by atoms with Crippen molar-refractivity contribution in [1.82, 2.24) is 15.6 Å². The highest BCUT2D eigenvalue weighted by Gasteiger charge is 2.43. The molecule has 0 aliphatic carbocycles. The van der Waals surface area contributed by atoms with Crippen LogP contribution in [0, 0.1) is 19.8 Å². The molecule has 2 atom stereocenters. The highest BCUT2D eigenvalue weighted by molar-refractivity contribution is 7.11. The first kappa shape index (κ1) is 15.9. The summed E-state index contributed by atoms with van der Waals surface area (Å²) in [5, 5.41) is 8.57. The molecule has 0 amide bonds. The van der Waals surface area contributed by atoms with Crippen LogP contribution in [-0.4, -0.2) is 38.3 Å². The van der Waals surface area contributed by atoms with Gasteiger partial charge in [-0.1, -0.05) is 6.92 Å². The molecule has 2 N–H and O–H groups in total. The maximum Gasteiger partial charge on any atom is 0.114 e. The molecule has 4 nitrogen and oxygen atoms in total. The molecular formula is C15H27N3OS. The first-order valence-corrected chi connectivity index (χ1v) is 8.35. The van der Waals surface area contributed by atoms with Crippen molar-refractivity contribution >= 4 is 11.3 Å². The third kappa shape index (κ3) is 3.06. The standard InChI is InChI=1S/C15H27N3OS/c1-5-13-10-16-7-6-15(13,17-8-9-19-4)14-18-11(2)12(3)20-14/h13,16-17H,5-10H2,1-4H3. The minimum atomic E-state index is 0.0161. The number of aryl methyl sites for hydroxylation is 2. The molecule has 0 saturated carbocycles. The summed E-state index contributed by atoms with van der Waals surface area (Å²) in [5.74, 6) is 0.582. The second kappa shape index (κ2) is 6.98. The molecule has 2 rings (SSSR count). The largest absolute Gasteiger partial charge is 0.383 e. The minimum Gasteiger partial charge on any atom is -0.383 e. The summed E-state index contributed by atoms with van der Waals surface area (Å²) in [4.78, 5) is 6.20. The summed E-state index contributed by atoms with van der Waals surface area (Å²) in [6.45, 7) is 10.3. The van der Waals surface area contributed by atoms with Gasteiger partial charge in [-0.3, -0.25) is 0 Å². The van der Waals surface area contributed by atoms with Crippen LogP contribution in [0.2, 0.25) is 0 Å². The molecular weight excluding hydrogens is 270 g/mol. The molecule has 1 aliphatic rings. The van der Waals surface area contributed by atoms with E-state index in [9.17, 15) is 0 Å². The third-order valence-corrected chi connectivity index (χ3v) is 5.68. The Morgan fingerprint density at radius 3 is 2.90 bits per heavy atom. The van der Waals surface area contributed by atoms with Gasteiger partial charge in [0.05, 0.1) is 17.8 Å². The summed E-state index contributed by atoms with van der Waals surface area (Å²) in [5.41, 5.74) is 1.19. The third-order valence-electron chi connectivity index (χ3n) is 4.43. The highest BCUT2D eigenvalue weighted by Crippen LogP contribution is 2.39. The van der Waals surface area contributed by atoms with Crippen molar-refractivity contribution in [2.75, 3.05) is 33.4 Å². The number of hydrogen-bond donors (Lipinski definition) is 2. The quantitative estimate of drug-likeness (QED) is 0.790. The molecule has 0 spiro atoms. The van der Waals surface area contributed by atoms with Gasteiger partial charge in [0.25, 0.3) is 0 Å². The molecule has 1 aromatic rings. The number of nitrogens with one attached hydrogen (secondary N) is 2. The lowest BCUT2D eigenvalue weighted by Crippen LogP contribution is -2.57. The number of methoxy groups -OCH3 is 1. The van der Waals surface area contributed by atoms with Gasteiger partial charge >= 0.3 is 0 Å². The Balaban J connectivity index is 2.31. The van der Waals surface area contributed by atoms with E-state index in [1.807, 2.05) is 11.3 Å². The van der Waals surface area contributed by atoms with Crippen molar-refractivity contribution in [1.29, 1.82) is 0 Å². The number of thiazole rings is 1. The molecule has 1 aliphatic heterocycles. The fourth-order valence-electron chi connectivity index (χ4n) is 3.06. The van der Waals surface area contributed by atoms with Crippen molar-refractivity contribution in [3.8, 4) is 0 Å². The topological polar surface area (TPSA) is 46.2 Å². The van der Waals surface area contributed by atoms with Crippen molar-refractivity contribution in [2.45, 2.75) is 39.2 Å². The van der Waals surface area contributed by atoms with E-state index in [1.165, 1.54) is 15.6 Å². The fourth-order valence-corrected chi connectivity index (χ4v) is 4.25. The van der Waals surface area contributed by atoms with Crippen molar-refractivity contribution in [3.63, 3.8) is 0 Å². The number of piperidine rings is 1. The van der Waals surface area contributed by atoms with E-state index in [1.54, 1.807) is 7.11 Å². The molecule has 20 heavy (non-hydrogen) atoms. The van der Waals surface area contributed by atoms with Gasteiger partial charge in [0, 0.05) is 25.1 Å². The normalized spacial score (nSPS) is 26.9. The zero-order valence-corrected chi connectivity index (χ0v) is 13.9. The SMILES string of the molecule is CCC1CNCCC1(NCCOC)c1nc(C)c(C)s1. The Morgan fingerprint density at radius 2 is 2.30 bits per heavy atom. The van der Waals surface area contributed by atoms with E-state index < -0.39 is 0 Å². The van der Waals surface area contributed by atoms with Crippen LogP contribution in [-0.2, 0) is 10.3 Å². The fraction of sp³-hybridized carbons (Fsp3) is 0.800. The van der Waals surface area contributed by atoms with Crippen LogP contribution < -0.4 is 10.6 Å². The van der Waals surface area contributed by atoms with Crippen molar-refractivity contribution in [3.05, 3.63) is 15.6 Å². The Bertz CT molecular complexity index is 415. The van der Waals surface area contributed by atoms with Crippen LogP contribution in [0.25, 0.3) is 0 Å². The van der Waals surface area contributed by atoms with E-state index in [0.717, 1.165) is 39.1 Å². The highest BCUT2D eigenvalue weighted by atomic mass is 32.1. The van der Waals surface area contributed by atoms with Gasteiger partial charge in [-0.05, 0) is 39.2 Å². The van der Waals surface area contributed by atoms with Gasteiger partial charge in [-0.25, -0.2) is 4.98 Å². The van der Waals surface area contributed by atoms with E-state index in [0.29, 0.717) is 5.92 Å². The predicted octanol–water partition coefficient (Wildman–Crippen LogP) is 2.21. The smallest absolute Gasteiger partial charge is 0.114 e. The lowest BCUT2D eigenvalue weighted by atomic mass is 9.77. The molecule has 0 radical (unpaired) electrons. The molecule has 2 heterocycles. The van der Waals surface area contributed by atoms with E-state index in [-0.39, 0.29) is 5.54 Å². The second-order valence-corrected chi connectivity index (χ2v) is 6.81. The zero-order valence-electron chi connectivity index (χ0n) is 13.1. The molecule has 0 aromatic carbocycles. The molecule has 1 saturated heterocycles. The number of hydrogen-bond acceptors (Lipinski definition) is 5. The Kier molecular flexibility index (Phi) is 5.55. The average Bonchev–Trinajstić information content (AvgIpc) is 2.80. The first-order chi connectivity index (χ1) is 9.64. The molecule has 114 valence electrons. The van der Waals surface area contributed by atoms with E-state index >= 15 is 0 Å². The van der Waals surface area contributed by atoms with E-state index in [4.69, 9.17) is 9.72 Å². The summed E-state index contributed by atoms with van der Waals surface area (Å²) in [6, 6.07) is 0. The maximum absolute atomic E-state index is 5.22. The van der Waals surface area contributed by atoms with Crippen LogP contribution >= 0.6 is 11.3 Å². The van der Waals surface area contributed by atoms with Crippen LogP contribution in [0.1, 0.15) is 35.3 Å². The van der Waals surface area contributed by atoms with E-state index in [2.05, 4.69) is 31.4 Å². The number of aromatic nitrogens is 1. The maximum atomic E-state index is 5.22. The Morgan fingerprint density at radius 1 is 1.50 bits per heavy atom. The summed E-state index contributed by atoms with van der Waals surface area (Å²) in [7, 11) is 1.76. The lowest BCUT2D eigenvalue weighted by molar-refractivity contribution is 0.125. The molecule has 5 heteroatoms. The lowest BCUT2D eigenvalue weighted by Gasteiger charge is -2.43. The molecule has 1 aromatic heterocycles. The predicted molar refractivity (Wildman–Crippen MR) is 84.4 cm³/mol. The summed E-state index contributed by atoms with van der Waals surface area (Å²) in [6.07, 6.45) is 2.26. The van der Waals surface area contributed by atoms with Gasteiger partial charge in [0.1, 0.15) is 5.01 Å². The Hall–Kier alpha value is -0.490. The van der Waals surface area contributed by atoms with Crippen LogP contribution in [0.15, 0.2) is 0 Å². The Labute approximate surface area is 126 Å². The van der Waals surface area contributed by atoms with Gasteiger partial charge < -0.3 is 15.4 Å². The average molecular weight is 297 g/mol. The van der Waals surface area contributed by atoms with Crippen molar-refractivity contribution < 1.29 is 4.74 Å². The van der Waals surface area contributed by atoms with Gasteiger partial charge in [-0.15, -0.1) is 11.3 Å². The van der Waals surface area contributed by atoms with Gasteiger partial charge in [0.15, 0.2) is 0 Å². The zero-order chi connectivity index (χ0) is 14.6. The van der Waals surface area contributed by atoms with Crippen LogP contribution in [0.4, 0.5) is 0 Å². The van der Waals surface area contributed by atoms with Gasteiger partial charge in [0.2, 0.25) is 0 Å². The number of ether oxygens (including phenoxy) is 1. The number of rotatable bonds is 6. The number of nitrogens with zero attached hydrogens (tertiary/aromatic N) is 1. The molecule has 0 bridgehead atoms. The van der Waals surface area contributed by atoms with Gasteiger partial charge in [-0.2, -0.15) is 0 Å². The first-order valence-electron chi connectivity index (χ1n) is 7.53. The monoisotopic (exact) mass is 297 g/mol.